The molecule has 3 fully saturated rings. The van der Waals surface area contributed by atoms with E-state index in [-0.39, 0.29) is 29.9 Å². The third-order valence-corrected chi connectivity index (χ3v) is 9.13. The maximum Gasteiger partial charge on any atom is 0.251 e. The van der Waals surface area contributed by atoms with Crippen LogP contribution in [0.5, 0.6) is 0 Å². The van der Waals surface area contributed by atoms with Crippen LogP contribution in [0.25, 0.3) is 21.6 Å². The van der Waals surface area contributed by atoms with Crippen LogP contribution < -0.4 is 10.9 Å². The van der Waals surface area contributed by atoms with Gasteiger partial charge >= 0.3 is 0 Å². The summed E-state index contributed by atoms with van der Waals surface area (Å²) in [6.07, 6.45) is 11.6. The predicted octanol–water partition coefficient (Wildman–Crippen LogP) is 3.85. The highest BCUT2D eigenvalue weighted by Gasteiger charge is 2.49. The second kappa shape index (κ2) is 10.3. The lowest BCUT2D eigenvalue weighted by atomic mass is 9.69. The van der Waals surface area contributed by atoms with Gasteiger partial charge in [0.2, 0.25) is 0 Å². The number of aromatic nitrogens is 4. The molecular formula is C28H30FN5O3S. The lowest BCUT2D eigenvalue weighted by molar-refractivity contribution is -0.165. The molecule has 198 valence electrons. The van der Waals surface area contributed by atoms with Crippen LogP contribution in [0.4, 0.5) is 4.39 Å². The summed E-state index contributed by atoms with van der Waals surface area (Å²) in [6.45, 7) is 1.26. The Balaban J connectivity index is 1.12. The van der Waals surface area contributed by atoms with Crippen molar-refractivity contribution in [1.29, 1.82) is 0 Å². The summed E-state index contributed by atoms with van der Waals surface area (Å²) in [5.74, 6) is -0.427. The Morgan fingerprint density at radius 2 is 2.00 bits per heavy atom. The van der Waals surface area contributed by atoms with Crippen LogP contribution in [-0.4, -0.2) is 49.0 Å². The average molecular weight is 536 g/mol. The van der Waals surface area contributed by atoms with Crippen molar-refractivity contribution in [3.05, 3.63) is 75.7 Å². The maximum atomic E-state index is 15.0. The minimum atomic E-state index is -0.427. The molecule has 2 saturated heterocycles. The van der Waals surface area contributed by atoms with E-state index in [1.54, 1.807) is 23.6 Å². The van der Waals surface area contributed by atoms with E-state index < -0.39 is 5.82 Å². The molecule has 10 heteroatoms. The number of nitrogens with one attached hydrogen (secondary N) is 1. The molecule has 7 rings (SSSR count). The first-order valence-corrected chi connectivity index (χ1v) is 13.8. The van der Waals surface area contributed by atoms with Crippen LogP contribution >= 0.6 is 11.3 Å². The first kappa shape index (κ1) is 25.2. The number of halogens is 1. The van der Waals surface area contributed by atoms with Crippen LogP contribution in [-0.2, 0) is 24.2 Å². The number of hydrogen-bond acceptors (Lipinski definition) is 8. The van der Waals surface area contributed by atoms with Gasteiger partial charge in [0, 0.05) is 59.3 Å². The summed E-state index contributed by atoms with van der Waals surface area (Å²) in [5.41, 5.74) is 1.90. The van der Waals surface area contributed by atoms with E-state index in [2.05, 4.69) is 20.3 Å². The molecule has 0 aromatic carbocycles. The Bertz CT molecular complexity index is 1480. The molecule has 0 atom stereocenters. The number of hydrogen-bond donors (Lipinski definition) is 2. The summed E-state index contributed by atoms with van der Waals surface area (Å²) in [4.78, 5) is 26.6. The van der Waals surface area contributed by atoms with E-state index in [0.29, 0.717) is 36.0 Å². The van der Waals surface area contributed by atoms with Crippen LogP contribution in [0, 0.1) is 5.82 Å². The molecule has 1 saturated carbocycles. The van der Waals surface area contributed by atoms with Gasteiger partial charge in [-0.25, -0.2) is 9.37 Å². The first-order chi connectivity index (χ1) is 18.5. The van der Waals surface area contributed by atoms with E-state index in [1.165, 1.54) is 21.7 Å². The second-order valence-corrected chi connectivity index (χ2v) is 11.5. The van der Waals surface area contributed by atoms with Gasteiger partial charge in [-0.05, 0) is 56.7 Å². The van der Waals surface area contributed by atoms with Gasteiger partial charge in [-0.15, -0.1) is 11.3 Å². The van der Waals surface area contributed by atoms with Gasteiger partial charge < -0.3 is 19.7 Å². The summed E-state index contributed by atoms with van der Waals surface area (Å²) in [5, 5.41) is 14.2. The van der Waals surface area contributed by atoms with Crippen molar-refractivity contribution in [2.45, 2.75) is 62.8 Å². The van der Waals surface area contributed by atoms with Crippen LogP contribution in [0.1, 0.15) is 42.5 Å². The van der Waals surface area contributed by atoms with Crippen LogP contribution in [0.3, 0.4) is 0 Å². The normalized spacial score (nSPS) is 22.8. The summed E-state index contributed by atoms with van der Waals surface area (Å²) in [6, 6.07) is 6.97. The lowest BCUT2D eigenvalue weighted by Crippen LogP contribution is -2.61. The van der Waals surface area contributed by atoms with Gasteiger partial charge in [-0.2, -0.15) is 0 Å². The third kappa shape index (κ3) is 4.77. The maximum absolute atomic E-state index is 15.0. The fourth-order valence-electron chi connectivity index (χ4n) is 5.82. The molecule has 6 heterocycles. The molecule has 38 heavy (non-hydrogen) atoms. The molecule has 2 N–H and O–H groups in total. The smallest absolute Gasteiger partial charge is 0.251 e. The number of aryl methyl sites for hydroxylation is 1. The lowest BCUT2D eigenvalue weighted by Gasteiger charge is -2.53. The number of thiazole rings is 1. The quantitative estimate of drug-likeness (QED) is 0.336. The van der Waals surface area contributed by atoms with E-state index in [1.807, 2.05) is 24.5 Å². The highest BCUT2D eigenvalue weighted by Crippen LogP contribution is 2.46. The van der Waals surface area contributed by atoms with E-state index in [0.717, 1.165) is 42.8 Å². The minimum absolute atomic E-state index is 0.0591. The number of aliphatic hydroxyl groups excluding tert-OH is 1. The van der Waals surface area contributed by atoms with Gasteiger partial charge in [0.05, 0.1) is 36.0 Å². The molecule has 0 amide bonds. The highest BCUT2D eigenvalue weighted by molar-refractivity contribution is 7.15. The zero-order valence-electron chi connectivity index (χ0n) is 21.0. The average Bonchev–Trinajstić information content (AvgIpc) is 3.44. The van der Waals surface area contributed by atoms with Crippen molar-refractivity contribution in [3.8, 4) is 10.6 Å². The van der Waals surface area contributed by atoms with Crippen molar-refractivity contribution >= 4 is 22.4 Å². The topological polar surface area (TPSA) is 102 Å². The Morgan fingerprint density at radius 3 is 2.74 bits per heavy atom. The number of pyridine rings is 3. The molecule has 0 radical (unpaired) electrons. The first-order valence-electron chi connectivity index (χ1n) is 13.0. The monoisotopic (exact) mass is 535 g/mol. The Hall–Kier alpha value is -3.05. The third-order valence-electron chi connectivity index (χ3n) is 8.08. The number of rotatable bonds is 9. The van der Waals surface area contributed by atoms with Crippen molar-refractivity contribution < 1.29 is 14.2 Å². The zero-order valence-corrected chi connectivity index (χ0v) is 21.8. The molecular weight excluding hydrogens is 505 g/mol. The van der Waals surface area contributed by atoms with E-state index in [9.17, 15) is 14.3 Å². The largest absolute Gasteiger partial charge is 0.395 e. The van der Waals surface area contributed by atoms with Crippen molar-refractivity contribution in [2.75, 3.05) is 13.2 Å². The standard InChI is InChI=1S/C28H30FN5O3S/c29-22-17-31-23-3-4-24(36)34(12-13-35)25(23)21(22)5-6-28-9-7-27(8-10-28,18-37-28)33-16-20-15-32-26(38-20)19-2-1-11-30-14-19/h1-4,11,14-15,17,33,35H,5-10,12-13,16,18H2. The van der Waals surface area contributed by atoms with E-state index >= 15 is 0 Å². The summed E-state index contributed by atoms with van der Waals surface area (Å²) in [7, 11) is 0. The van der Waals surface area contributed by atoms with Crippen molar-refractivity contribution in [2.24, 2.45) is 0 Å². The summed E-state index contributed by atoms with van der Waals surface area (Å²) >= 11 is 1.67. The second-order valence-electron chi connectivity index (χ2n) is 10.3. The SMILES string of the molecule is O=c1ccc2ncc(F)c(CCC34CCC(NCc5cnc(-c6cccnc6)s5)(CC3)CO4)c2n1CCO. The van der Waals surface area contributed by atoms with Gasteiger partial charge in [0.25, 0.3) is 5.56 Å². The molecule has 2 aliphatic heterocycles. The Kier molecular flexibility index (Phi) is 6.81. The number of ether oxygens (including phenoxy) is 1. The fourth-order valence-corrected chi connectivity index (χ4v) is 6.66. The fraction of sp³-hybridized carbons (Fsp3) is 0.429. The van der Waals surface area contributed by atoms with E-state index in [4.69, 9.17) is 4.74 Å². The van der Waals surface area contributed by atoms with Gasteiger partial charge in [-0.1, -0.05) is 0 Å². The minimum Gasteiger partial charge on any atom is -0.395 e. The molecule has 3 aliphatic rings. The Morgan fingerprint density at radius 1 is 1.13 bits per heavy atom. The predicted molar refractivity (Wildman–Crippen MR) is 143 cm³/mol. The molecule has 4 aromatic rings. The van der Waals surface area contributed by atoms with Crippen molar-refractivity contribution in [1.82, 2.24) is 24.8 Å². The van der Waals surface area contributed by atoms with Crippen LogP contribution in [0.2, 0.25) is 0 Å². The Labute approximate surface area is 223 Å². The zero-order chi connectivity index (χ0) is 26.2. The molecule has 0 spiro atoms. The molecule has 8 nitrogen and oxygen atoms in total. The van der Waals surface area contributed by atoms with Gasteiger partial charge in [0.1, 0.15) is 10.8 Å². The van der Waals surface area contributed by atoms with Gasteiger partial charge in [0.15, 0.2) is 0 Å². The number of aliphatic hydroxyl groups is 1. The molecule has 2 bridgehead atoms. The molecule has 1 aliphatic carbocycles. The van der Waals surface area contributed by atoms with Gasteiger partial charge in [-0.3, -0.25) is 14.8 Å². The molecule has 0 unspecified atom stereocenters. The van der Waals surface area contributed by atoms with Crippen LogP contribution in [0.15, 0.2) is 53.8 Å². The van der Waals surface area contributed by atoms with Crippen molar-refractivity contribution in [3.63, 3.8) is 0 Å². The highest BCUT2D eigenvalue weighted by atomic mass is 32.1. The number of fused-ring (bicyclic) bond motifs is 4. The molecule has 4 aromatic heterocycles. The number of nitrogens with zero attached hydrogens (tertiary/aromatic N) is 4. The summed E-state index contributed by atoms with van der Waals surface area (Å²) < 4.78 is 22.9.